The Bertz CT molecular complexity index is 754. The number of amides is 1. The fraction of sp³-hybridized carbons (Fsp3) is 0.375. The molecule has 3 rings (SSSR count). The molecule has 0 spiro atoms. The van der Waals surface area contributed by atoms with Crippen molar-refractivity contribution < 1.29 is 9.72 Å². The van der Waals surface area contributed by atoms with E-state index >= 15 is 0 Å². The Hall–Kier alpha value is -2.16. The minimum absolute atomic E-state index is 0. The van der Waals surface area contributed by atoms with Gasteiger partial charge in [-0.1, -0.05) is 0 Å². The third-order valence-electron chi connectivity index (χ3n) is 4.30. The normalized spacial score (nSPS) is 19.0. The predicted molar refractivity (Wildman–Crippen MR) is 103 cm³/mol. The van der Waals surface area contributed by atoms with Crippen molar-refractivity contribution in [1.82, 2.24) is 20.2 Å². The number of piperidine rings is 1. The molecule has 2 N–H and O–H groups in total. The van der Waals surface area contributed by atoms with Crippen LogP contribution >= 0.6 is 24.8 Å². The minimum atomic E-state index is -0.489. The van der Waals surface area contributed by atoms with Gasteiger partial charge in [0.15, 0.2) is 0 Å². The van der Waals surface area contributed by atoms with E-state index in [2.05, 4.69) is 15.6 Å². The Morgan fingerprint density at radius 3 is 2.81 bits per heavy atom. The monoisotopic (exact) mass is 401 g/mol. The number of hydrogen-bond acceptors (Lipinski definition) is 5. The highest BCUT2D eigenvalue weighted by molar-refractivity contribution is 5.95. The van der Waals surface area contributed by atoms with Crippen LogP contribution in [0, 0.1) is 10.1 Å². The summed E-state index contributed by atoms with van der Waals surface area (Å²) in [6, 6.07) is 4.68. The van der Waals surface area contributed by atoms with Crippen LogP contribution < -0.4 is 10.6 Å². The lowest BCUT2D eigenvalue weighted by Crippen LogP contribution is -2.51. The molecule has 0 saturated carbocycles. The maximum absolute atomic E-state index is 12.5. The van der Waals surface area contributed by atoms with Gasteiger partial charge in [-0.25, -0.2) is 4.98 Å². The van der Waals surface area contributed by atoms with Gasteiger partial charge in [0.2, 0.25) is 0 Å². The van der Waals surface area contributed by atoms with Crippen molar-refractivity contribution in [2.75, 3.05) is 6.54 Å². The first-order chi connectivity index (χ1) is 11.6. The molecule has 142 valence electrons. The quantitative estimate of drug-likeness (QED) is 0.604. The Morgan fingerprint density at radius 1 is 1.42 bits per heavy atom. The number of nitro benzene ring substituents is 1. The molecule has 8 nitrogen and oxygen atoms in total. The highest BCUT2D eigenvalue weighted by Gasteiger charge is 2.24. The molecule has 2 aromatic rings. The van der Waals surface area contributed by atoms with E-state index in [-0.39, 0.29) is 54.1 Å². The lowest BCUT2D eigenvalue weighted by molar-refractivity contribution is -0.384. The maximum atomic E-state index is 12.5. The Kier molecular flexibility index (Phi) is 8.01. The van der Waals surface area contributed by atoms with Crippen LogP contribution in [0.4, 0.5) is 5.69 Å². The summed E-state index contributed by atoms with van der Waals surface area (Å²) in [4.78, 5) is 27.2. The minimum Gasteiger partial charge on any atom is -0.348 e. The molecule has 2 atom stereocenters. The van der Waals surface area contributed by atoms with Gasteiger partial charge >= 0.3 is 0 Å². The molecule has 0 bridgehead atoms. The molecule has 1 aromatic carbocycles. The number of nitrogens with one attached hydrogen (secondary N) is 2. The lowest BCUT2D eigenvalue weighted by Gasteiger charge is -2.30. The molecule has 1 amide bonds. The molecule has 2 unspecified atom stereocenters. The molecule has 10 heteroatoms. The molecule has 1 fully saturated rings. The van der Waals surface area contributed by atoms with Gasteiger partial charge in [-0.2, -0.15) is 0 Å². The highest BCUT2D eigenvalue weighted by Crippen LogP contribution is 2.24. The average Bonchev–Trinajstić information content (AvgIpc) is 3.10. The number of hydrogen-bond donors (Lipinski definition) is 2. The Balaban J connectivity index is 0.00000169. The van der Waals surface area contributed by atoms with Crippen molar-refractivity contribution in [3.63, 3.8) is 0 Å². The number of carbonyl (C=O) groups excluding carboxylic acids is 1. The molecule has 1 aliphatic rings. The number of nitrogens with zero attached hydrogens (tertiary/aromatic N) is 3. The van der Waals surface area contributed by atoms with E-state index in [1.807, 2.05) is 6.92 Å². The summed E-state index contributed by atoms with van der Waals surface area (Å²) < 4.78 is 1.55. The zero-order valence-corrected chi connectivity index (χ0v) is 15.8. The first-order valence-corrected chi connectivity index (χ1v) is 7.87. The molecule has 1 saturated heterocycles. The van der Waals surface area contributed by atoms with Crippen LogP contribution in [0.15, 0.2) is 36.9 Å². The molecule has 26 heavy (non-hydrogen) atoms. The van der Waals surface area contributed by atoms with Crippen molar-refractivity contribution in [1.29, 1.82) is 0 Å². The second-order valence-corrected chi connectivity index (χ2v) is 5.90. The first-order valence-electron chi connectivity index (χ1n) is 7.87. The van der Waals surface area contributed by atoms with Gasteiger partial charge in [-0.05, 0) is 38.4 Å². The summed E-state index contributed by atoms with van der Waals surface area (Å²) in [6.45, 7) is 2.97. The SMILES string of the molecule is CC1NCCCC1NC(=O)c1ccc(-n2ccnc2)c([N+](=O)[O-])c1.Cl.Cl. The number of imidazole rings is 1. The smallest absolute Gasteiger partial charge is 0.294 e. The number of halogens is 2. The molecular formula is C16H21Cl2N5O3. The fourth-order valence-corrected chi connectivity index (χ4v) is 2.92. The van der Waals surface area contributed by atoms with Gasteiger partial charge in [0.05, 0.1) is 11.3 Å². The summed E-state index contributed by atoms with van der Waals surface area (Å²) in [6.07, 6.45) is 6.54. The van der Waals surface area contributed by atoms with Crippen LogP contribution in [0.25, 0.3) is 5.69 Å². The Morgan fingerprint density at radius 2 is 2.19 bits per heavy atom. The summed E-state index contributed by atoms with van der Waals surface area (Å²) >= 11 is 0. The van der Waals surface area contributed by atoms with Crippen LogP contribution in [0.5, 0.6) is 0 Å². The van der Waals surface area contributed by atoms with E-state index in [1.54, 1.807) is 29.1 Å². The van der Waals surface area contributed by atoms with Crippen LogP contribution in [0.1, 0.15) is 30.1 Å². The summed E-state index contributed by atoms with van der Waals surface area (Å²) in [5.41, 5.74) is 0.528. The van der Waals surface area contributed by atoms with Gasteiger partial charge in [-0.15, -0.1) is 24.8 Å². The van der Waals surface area contributed by atoms with Crippen molar-refractivity contribution in [2.45, 2.75) is 31.8 Å². The molecule has 0 radical (unpaired) electrons. The number of rotatable bonds is 4. The summed E-state index contributed by atoms with van der Waals surface area (Å²) in [5, 5.41) is 17.6. The molecular weight excluding hydrogens is 381 g/mol. The van der Waals surface area contributed by atoms with Crippen molar-refractivity contribution in [3.8, 4) is 5.69 Å². The van der Waals surface area contributed by atoms with Crippen molar-refractivity contribution in [2.24, 2.45) is 0 Å². The van der Waals surface area contributed by atoms with E-state index in [1.165, 1.54) is 12.4 Å². The second-order valence-electron chi connectivity index (χ2n) is 5.90. The van der Waals surface area contributed by atoms with Gasteiger partial charge < -0.3 is 15.2 Å². The molecule has 2 heterocycles. The fourth-order valence-electron chi connectivity index (χ4n) is 2.92. The number of benzene rings is 1. The zero-order chi connectivity index (χ0) is 17.1. The molecule has 1 aromatic heterocycles. The van der Waals surface area contributed by atoms with E-state index in [4.69, 9.17) is 0 Å². The van der Waals surface area contributed by atoms with Gasteiger partial charge in [0.1, 0.15) is 5.69 Å². The third-order valence-corrected chi connectivity index (χ3v) is 4.30. The highest BCUT2D eigenvalue weighted by atomic mass is 35.5. The van der Waals surface area contributed by atoms with Crippen LogP contribution in [0.3, 0.4) is 0 Å². The first kappa shape index (κ1) is 21.9. The topological polar surface area (TPSA) is 102 Å². The predicted octanol–water partition coefficient (Wildman–Crippen LogP) is 2.49. The Labute approximate surface area is 163 Å². The van der Waals surface area contributed by atoms with Crippen LogP contribution in [-0.4, -0.2) is 39.0 Å². The van der Waals surface area contributed by atoms with E-state index in [0.29, 0.717) is 5.69 Å². The maximum Gasteiger partial charge on any atom is 0.294 e. The average molecular weight is 402 g/mol. The lowest BCUT2D eigenvalue weighted by atomic mass is 9.99. The summed E-state index contributed by atoms with van der Waals surface area (Å²) in [7, 11) is 0. The number of carbonyl (C=O) groups is 1. The zero-order valence-electron chi connectivity index (χ0n) is 14.1. The summed E-state index contributed by atoms with van der Waals surface area (Å²) in [5.74, 6) is -0.296. The van der Waals surface area contributed by atoms with Crippen LogP contribution in [-0.2, 0) is 0 Å². The standard InChI is InChI=1S/C16H19N5O3.2ClH/c1-11-13(3-2-6-18-11)19-16(22)12-4-5-14(15(9-12)21(23)24)20-8-7-17-10-20;;/h4-5,7-11,13,18H,2-3,6H2,1H3,(H,19,22);2*1H. The van der Waals surface area contributed by atoms with Crippen molar-refractivity contribution >= 4 is 36.4 Å². The molecule has 0 aliphatic carbocycles. The van der Waals surface area contributed by atoms with Crippen molar-refractivity contribution in [3.05, 3.63) is 52.6 Å². The number of nitro groups is 1. The van der Waals surface area contributed by atoms with Crippen LogP contribution in [0.2, 0.25) is 0 Å². The second kappa shape index (κ2) is 9.51. The van der Waals surface area contributed by atoms with E-state index < -0.39 is 4.92 Å². The van der Waals surface area contributed by atoms with E-state index in [0.717, 1.165) is 19.4 Å². The third kappa shape index (κ3) is 4.72. The molecule has 1 aliphatic heterocycles. The largest absolute Gasteiger partial charge is 0.348 e. The number of aromatic nitrogens is 2. The van der Waals surface area contributed by atoms with Gasteiger partial charge in [-0.3, -0.25) is 14.9 Å². The van der Waals surface area contributed by atoms with E-state index in [9.17, 15) is 14.9 Å². The van der Waals surface area contributed by atoms with Gasteiger partial charge in [0, 0.05) is 36.1 Å². The van der Waals surface area contributed by atoms with Gasteiger partial charge in [0.25, 0.3) is 11.6 Å².